The van der Waals surface area contributed by atoms with Gasteiger partial charge < -0.3 is 15.4 Å². The third kappa shape index (κ3) is 4.20. The normalized spacial score (nSPS) is 20.5. The Hall–Kier alpha value is -0.580. The maximum atomic E-state index is 5.95. The summed E-state index contributed by atoms with van der Waals surface area (Å²) in [4.78, 5) is 2.29. The molecule has 1 aromatic carbocycles. The number of hydrogen-bond acceptors (Lipinski definition) is 3. The van der Waals surface area contributed by atoms with E-state index in [9.17, 15) is 0 Å². The predicted octanol–water partition coefficient (Wildman–Crippen LogP) is 2.95. The van der Waals surface area contributed by atoms with Gasteiger partial charge in [-0.2, -0.15) is 0 Å². The molecule has 0 aromatic heterocycles. The van der Waals surface area contributed by atoms with Crippen LogP contribution in [0.25, 0.3) is 0 Å². The first kappa shape index (κ1) is 14.8. The number of benzene rings is 1. The highest BCUT2D eigenvalue weighted by atomic mass is 79.9. The summed E-state index contributed by atoms with van der Waals surface area (Å²) in [7, 11) is 2.13. The molecular formula is C15H23BrN2O. The number of ether oxygens (including phenoxy) is 1. The molecule has 1 heterocycles. The Balaban J connectivity index is 2.12. The highest BCUT2D eigenvalue weighted by Crippen LogP contribution is 2.26. The predicted molar refractivity (Wildman–Crippen MR) is 83.7 cm³/mol. The molecule has 1 aliphatic rings. The van der Waals surface area contributed by atoms with Crippen molar-refractivity contribution in [2.45, 2.75) is 38.3 Å². The Morgan fingerprint density at radius 2 is 2.32 bits per heavy atom. The third-order valence-corrected chi connectivity index (χ3v) is 3.99. The summed E-state index contributed by atoms with van der Waals surface area (Å²) in [5.41, 5.74) is 8.50. The molecule has 2 unspecified atom stereocenters. The zero-order chi connectivity index (χ0) is 13.8. The fourth-order valence-electron chi connectivity index (χ4n) is 2.63. The van der Waals surface area contributed by atoms with Gasteiger partial charge >= 0.3 is 0 Å². The fraction of sp³-hybridized carbons (Fsp3) is 0.600. The third-order valence-electron chi connectivity index (χ3n) is 3.50. The lowest BCUT2D eigenvalue weighted by molar-refractivity contribution is 0.116. The van der Waals surface area contributed by atoms with E-state index in [0.717, 1.165) is 24.0 Å². The van der Waals surface area contributed by atoms with Crippen molar-refractivity contribution < 1.29 is 4.74 Å². The van der Waals surface area contributed by atoms with Crippen molar-refractivity contribution >= 4 is 21.6 Å². The van der Waals surface area contributed by atoms with E-state index in [1.807, 2.05) is 6.92 Å². The number of nitrogens with two attached hydrogens (primary N) is 1. The van der Waals surface area contributed by atoms with Crippen molar-refractivity contribution in [3.8, 4) is 0 Å². The van der Waals surface area contributed by atoms with Crippen LogP contribution in [0.4, 0.5) is 5.69 Å². The highest BCUT2D eigenvalue weighted by Gasteiger charge is 2.19. The smallest absolute Gasteiger partial charge is 0.0750 e. The molecule has 2 atom stereocenters. The summed E-state index contributed by atoms with van der Waals surface area (Å²) >= 11 is 3.54. The number of likely N-dealkylation sites (N-methyl/N-ethyl adjacent to an activating group) is 1. The maximum absolute atomic E-state index is 5.95. The molecule has 106 valence electrons. The second-order valence-electron chi connectivity index (χ2n) is 5.47. The number of rotatable bonds is 5. The molecule has 0 bridgehead atoms. The summed E-state index contributed by atoms with van der Waals surface area (Å²) < 4.78 is 6.82. The first-order chi connectivity index (χ1) is 9.06. The van der Waals surface area contributed by atoms with Gasteiger partial charge in [0.15, 0.2) is 0 Å². The summed E-state index contributed by atoms with van der Waals surface area (Å²) in [6.07, 6.45) is 3.62. The van der Waals surface area contributed by atoms with E-state index in [1.54, 1.807) is 0 Å². The Bertz CT molecular complexity index is 417. The lowest BCUT2D eigenvalue weighted by atomic mass is 10.0. The van der Waals surface area contributed by atoms with Crippen molar-refractivity contribution in [3.63, 3.8) is 0 Å². The van der Waals surface area contributed by atoms with Crippen molar-refractivity contribution in [2.75, 3.05) is 25.1 Å². The van der Waals surface area contributed by atoms with Gasteiger partial charge in [0.25, 0.3) is 0 Å². The van der Waals surface area contributed by atoms with Gasteiger partial charge in [-0.15, -0.1) is 0 Å². The van der Waals surface area contributed by atoms with Gasteiger partial charge in [0.2, 0.25) is 0 Å². The van der Waals surface area contributed by atoms with Crippen LogP contribution < -0.4 is 10.6 Å². The molecule has 0 spiro atoms. The van der Waals surface area contributed by atoms with Gasteiger partial charge in [-0.05, 0) is 49.9 Å². The van der Waals surface area contributed by atoms with Gasteiger partial charge in [0.1, 0.15) is 0 Å². The summed E-state index contributed by atoms with van der Waals surface area (Å²) in [5, 5.41) is 0. The monoisotopic (exact) mass is 326 g/mol. The van der Waals surface area contributed by atoms with Crippen LogP contribution in [0.3, 0.4) is 0 Å². The van der Waals surface area contributed by atoms with Gasteiger partial charge in [-0.1, -0.05) is 15.9 Å². The van der Waals surface area contributed by atoms with E-state index in [4.69, 9.17) is 10.5 Å². The lowest BCUT2D eigenvalue weighted by Gasteiger charge is -2.26. The molecule has 19 heavy (non-hydrogen) atoms. The van der Waals surface area contributed by atoms with E-state index in [0.29, 0.717) is 6.10 Å². The van der Waals surface area contributed by atoms with Crippen molar-refractivity contribution in [1.82, 2.24) is 0 Å². The first-order valence-electron chi connectivity index (χ1n) is 6.93. The molecule has 0 aliphatic carbocycles. The number of hydrogen-bond donors (Lipinski definition) is 1. The zero-order valence-corrected chi connectivity index (χ0v) is 13.3. The molecular weight excluding hydrogens is 304 g/mol. The van der Waals surface area contributed by atoms with E-state index in [-0.39, 0.29) is 6.04 Å². The Kier molecular flexibility index (Phi) is 5.25. The van der Waals surface area contributed by atoms with Gasteiger partial charge in [-0.25, -0.2) is 0 Å². The van der Waals surface area contributed by atoms with Crippen LogP contribution in [-0.4, -0.2) is 32.3 Å². The molecule has 0 amide bonds. The van der Waals surface area contributed by atoms with Crippen LogP contribution in [-0.2, 0) is 11.2 Å². The Morgan fingerprint density at radius 3 is 2.95 bits per heavy atom. The number of nitrogens with zero attached hydrogens (tertiary/aromatic N) is 1. The minimum absolute atomic E-state index is 0.171. The van der Waals surface area contributed by atoms with Gasteiger partial charge in [0, 0.05) is 36.4 Å². The molecule has 1 aliphatic heterocycles. The van der Waals surface area contributed by atoms with Gasteiger partial charge in [0.05, 0.1) is 6.10 Å². The average Bonchev–Trinajstić information content (AvgIpc) is 2.80. The van der Waals surface area contributed by atoms with E-state index in [2.05, 4.69) is 46.1 Å². The van der Waals surface area contributed by atoms with E-state index >= 15 is 0 Å². The second-order valence-corrected chi connectivity index (χ2v) is 6.39. The minimum Gasteiger partial charge on any atom is -0.376 e. The Labute approximate surface area is 124 Å². The topological polar surface area (TPSA) is 38.5 Å². The molecule has 0 saturated carbocycles. The van der Waals surface area contributed by atoms with Crippen LogP contribution in [0.1, 0.15) is 25.3 Å². The molecule has 1 fully saturated rings. The largest absolute Gasteiger partial charge is 0.376 e. The van der Waals surface area contributed by atoms with Crippen LogP contribution in [0.2, 0.25) is 0 Å². The van der Waals surface area contributed by atoms with E-state index in [1.165, 1.54) is 24.1 Å². The second kappa shape index (κ2) is 6.73. The fourth-order valence-corrected chi connectivity index (χ4v) is 3.04. The van der Waals surface area contributed by atoms with Crippen LogP contribution in [0.15, 0.2) is 22.7 Å². The first-order valence-corrected chi connectivity index (χ1v) is 7.72. The minimum atomic E-state index is 0.171. The Morgan fingerprint density at radius 1 is 1.53 bits per heavy atom. The standard InChI is InChI=1S/C15H23BrN2O/c1-11(17)8-12-9-13(16)5-6-15(12)18(2)10-14-4-3-7-19-14/h5-6,9,11,14H,3-4,7-8,10,17H2,1-2H3. The van der Waals surface area contributed by atoms with Crippen LogP contribution in [0, 0.1) is 0 Å². The average molecular weight is 327 g/mol. The quantitative estimate of drug-likeness (QED) is 0.904. The van der Waals surface area contributed by atoms with Crippen LogP contribution >= 0.6 is 15.9 Å². The number of anilines is 1. The zero-order valence-electron chi connectivity index (χ0n) is 11.7. The van der Waals surface area contributed by atoms with Crippen molar-refractivity contribution in [2.24, 2.45) is 5.73 Å². The molecule has 0 radical (unpaired) electrons. The molecule has 2 rings (SSSR count). The van der Waals surface area contributed by atoms with Crippen LogP contribution in [0.5, 0.6) is 0 Å². The molecule has 1 saturated heterocycles. The van der Waals surface area contributed by atoms with E-state index < -0.39 is 0 Å². The summed E-state index contributed by atoms with van der Waals surface area (Å²) in [6.45, 7) is 3.91. The highest BCUT2D eigenvalue weighted by molar-refractivity contribution is 9.10. The summed E-state index contributed by atoms with van der Waals surface area (Å²) in [6, 6.07) is 6.59. The van der Waals surface area contributed by atoms with Crippen molar-refractivity contribution in [3.05, 3.63) is 28.2 Å². The van der Waals surface area contributed by atoms with Gasteiger partial charge in [-0.3, -0.25) is 0 Å². The molecule has 1 aromatic rings. The molecule has 4 heteroatoms. The maximum Gasteiger partial charge on any atom is 0.0750 e. The molecule has 2 N–H and O–H groups in total. The number of halogens is 1. The summed E-state index contributed by atoms with van der Waals surface area (Å²) in [5.74, 6) is 0. The molecule has 3 nitrogen and oxygen atoms in total. The SMILES string of the molecule is CC(N)Cc1cc(Br)ccc1N(C)CC1CCCO1. The van der Waals surface area contributed by atoms with Crippen molar-refractivity contribution in [1.29, 1.82) is 0 Å². The lowest BCUT2D eigenvalue weighted by Crippen LogP contribution is -2.30.